The monoisotopic (exact) mass is 428 g/mol. The van der Waals surface area contributed by atoms with E-state index in [-0.39, 0.29) is 41.7 Å². The molecule has 0 radical (unpaired) electrons. The van der Waals surface area contributed by atoms with Gasteiger partial charge in [0, 0.05) is 26.2 Å². The smallest absolute Gasteiger partial charge is 0.257 e. The summed E-state index contributed by atoms with van der Waals surface area (Å²) < 4.78 is 40.2. The van der Waals surface area contributed by atoms with Crippen molar-refractivity contribution in [2.24, 2.45) is 0 Å². The van der Waals surface area contributed by atoms with Crippen LogP contribution in [0.25, 0.3) is 10.8 Å². The highest BCUT2D eigenvalue weighted by atomic mass is 32.2. The Kier molecular flexibility index (Phi) is 5.44. The number of rotatable bonds is 3. The van der Waals surface area contributed by atoms with Gasteiger partial charge in [0.2, 0.25) is 10.0 Å². The van der Waals surface area contributed by atoms with Gasteiger partial charge in [-0.15, -0.1) is 0 Å². The lowest BCUT2D eigenvalue weighted by molar-refractivity contribution is 0.0761. The first kappa shape index (κ1) is 20.3. The van der Waals surface area contributed by atoms with Gasteiger partial charge in [-0.2, -0.15) is 4.31 Å². The third-order valence-electron chi connectivity index (χ3n) is 5.29. The van der Waals surface area contributed by atoms with Gasteiger partial charge < -0.3 is 10.0 Å². The number of phenols is 1. The highest BCUT2D eigenvalue weighted by Crippen LogP contribution is 2.27. The SMILES string of the molecule is O=C(c1cc2ccccc2cc1O)N1CCCN(S(=O)(=O)c2ccc(F)cc2)CC1. The van der Waals surface area contributed by atoms with Gasteiger partial charge in [0.15, 0.2) is 0 Å². The zero-order valence-electron chi connectivity index (χ0n) is 16.2. The van der Waals surface area contributed by atoms with E-state index >= 15 is 0 Å². The molecule has 0 spiro atoms. The lowest BCUT2D eigenvalue weighted by Crippen LogP contribution is -2.37. The maximum Gasteiger partial charge on any atom is 0.257 e. The molecule has 1 fully saturated rings. The average molecular weight is 428 g/mol. The molecular formula is C22H21FN2O4S. The molecule has 6 nitrogen and oxygen atoms in total. The summed E-state index contributed by atoms with van der Waals surface area (Å²) in [5, 5.41) is 12.0. The summed E-state index contributed by atoms with van der Waals surface area (Å²) in [6, 6.07) is 15.4. The molecular weight excluding hydrogens is 407 g/mol. The molecule has 4 rings (SSSR count). The van der Waals surface area contributed by atoms with Crippen LogP contribution in [-0.4, -0.2) is 54.8 Å². The van der Waals surface area contributed by atoms with Crippen LogP contribution in [0.1, 0.15) is 16.8 Å². The largest absolute Gasteiger partial charge is 0.507 e. The zero-order chi connectivity index (χ0) is 21.3. The number of benzene rings is 3. The molecule has 3 aromatic rings. The van der Waals surface area contributed by atoms with Crippen LogP contribution < -0.4 is 0 Å². The number of hydrogen-bond donors (Lipinski definition) is 1. The van der Waals surface area contributed by atoms with E-state index in [1.54, 1.807) is 17.0 Å². The van der Waals surface area contributed by atoms with Gasteiger partial charge >= 0.3 is 0 Å². The van der Waals surface area contributed by atoms with Crippen LogP contribution in [0.4, 0.5) is 4.39 Å². The Balaban J connectivity index is 1.54. The molecule has 0 saturated carbocycles. The summed E-state index contributed by atoms with van der Waals surface area (Å²) in [5.74, 6) is -0.935. The van der Waals surface area contributed by atoms with Crippen LogP contribution >= 0.6 is 0 Å². The van der Waals surface area contributed by atoms with E-state index in [1.807, 2.05) is 24.3 Å². The Labute approximate surface area is 174 Å². The molecule has 1 N–H and O–H groups in total. The summed E-state index contributed by atoms with van der Waals surface area (Å²) in [6.45, 7) is 0.957. The highest BCUT2D eigenvalue weighted by Gasteiger charge is 2.29. The van der Waals surface area contributed by atoms with Crippen molar-refractivity contribution in [1.29, 1.82) is 0 Å². The number of sulfonamides is 1. The molecule has 8 heteroatoms. The van der Waals surface area contributed by atoms with Crippen molar-refractivity contribution in [1.82, 2.24) is 9.21 Å². The summed E-state index contributed by atoms with van der Waals surface area (Å²) in [6.07, 6.45) is 0.459. The number of hydrogen-bond acceptors (Lipinski definition) is 4. The van der Waals surface area contributed by atoms with E-state index in [9.17, 15) is 22.7 Å². The number of aromatic hydroxyl groups is 1. The predicted molar refractivity (Wildman–Crippen MR) is 111 cm³/mol. The number of halogens is 1. The number of nitrogens with zero attached hydrogens (tertiary/aromatic N) is 2. The lowest BCUT2D eigenvalue weighted by atomic mass is 10.0. The third kappa shape index (κ3) is 3.88. The Hall–Kier alpha value is -2.97. The van der Waals surface area contributed by atoms with Crippen LogP contribution in [0.5, 0.6) is 5.75 Å². The Morgan fingerprint density at radius 3 is 2.27 bits per heavy atom. The molecule has 0 atom stereocenters. The Bertz CT molecular complexity index is 1200. The maximum absolute atomic E-state index is 13.1. The Morgan fingerprint density at radius 1 is 0.900 bits per heavy atom. The first-order valence-electron chi connectivity index (χ1n) is 9.63. The number of carbonyl (C=O) groups excluding carboxylic acids is 1. The van der Waals surface area contributed by atoms with Gasteiger partial charge in [0.1, 0.15) is 11.6 Å². The molecule has 1 heterocycles. The minimum Gasteiger partial charge on any atom is -0.507 e. The summed E-state index contributed by atoms with van der Waals surface area (Å²) >= 11 is 0. The number of phenolic OH excluding ortho intramolecular Hbond substituents is 1. The Morgan fingerprint density at radius 2 is 1.57 bits per heavy atom. The summed E-state index contributed by atoms with van der Waals surface area (Å²) in [7, 11) is -3.77. The normalized spacial score (nSPS) is 15.8. The van der Waals surface area contributed by atoms with Crippen molar-refractivity contribution in [3.63, 3.8) is 0 Å². The highest BCUT2D eigenvalue weighted by molar-refractivity contribution is 7.89. The van der Waals surface area contributed by atoms with E-state index in [2.05, 4.69) is 0 Å². The maximum atomic E-state index is 13.1. The van der Waals surface area contributed by atoms with Gasteiger partial charge in [-0.1, -0.05) is 24.3 Å². The first-order valence-corrected chi connectivity index (χ1v) is 11.1. The summed E-state index contributed by atoms with van der Waals surface area (Å²) in [4.78, 5) is 14.6. The minimum absolute atomic E-state index is 0.0239. The van der Waals surface area contributed by atoms with Crippen LogP contribution in [0.3, 0.4) is 0 Å². The van der Waals surface area contributed by atoms with Gasteiger partial charge in [0.05, 0.1) is 10.5 Å². The molecule has 1 aliphatic heterocycles. The molecule has 30 heavy (non-hydrogen) atoms. The quantitative estimate of drug-likeness (QED) is 0.695. The molecule has 1 saturated heterocycles. The van der Waals surface area contributed by atoms with E-state index in [4.69, 9.17) is 0 Å². The average Bonchev–Trinajstić information content (AvgIpc) is 3.00. The second-order valence-electron chi connectivity index (χ2n) is 7.22. The predicted octanol–water partition coefficient (Wildman–Crippen LogP) is 3.22. The number of amides is 1. The standard InChI is InChI=1S/C22H21FN2O4S/c23-18-6-8-19(9-7-18)30(28,29)25-11-3-10-24(12-13-25)22(27)20-14-16-4-1-2-5-17(16)15-21(20)26/h1-2,4-9,14-15,26H,3,10-13H2. The van der Waals surface area contributed by atoms with Crippen molar-refractivity contribution >= 4 is 26.7 Å². The summed E-state index contributed by atoms with van der Waals surface area (Å²) in [5.41, 5.74) is 0.198. The van der Waals surface area contributed by atoms with Crippen molar-refractivity contribution in [3.8, 4) is 5.75 Å². The van der Waals surface area contributed by atoms with Gasteiger partial charge in [-0.3, -0.25) is 4.79 Å². The first-order chi connectivity index (χ1) is 14.4. The van der Waals surface area contributed by atoms with Crippen LogP contribution in [0.2, 0.25) is 0 Å². The van der Waals surface area contributed by atoms with E-state index in [0.717, 1.165) is 22.9 Å². The molecule has 0 bridgehead atoms. The fourth-order valence-corrected chi connectivity index (χ4v) is 5.13. The second kappa shape index (κ2) is 8.04. The molecule has 156 valence electrons. The lowest BCUT2D eigenvalue weighted by Gasteiger charge is -2.22. The van der Waals surface area contributed by atoms with E-state index in [0.29, 0.717) is 13.0 Å². The fourth-order valence-electron chi connectivity index (χ4n) is 3.66. The van der Waals surface area contributed by atoms with Crippen LogP contribution in [0.15, 0.2) is 65.6 Å². The molecule has 3 aromatic carbocycles. The van der Waals surface area contributed by atoms with Gasteiger partial charge in [-0.05, 0) is 53.6 Å². The molecule has 0 unspecified atom stereocenters. The van der Waals surface area contributed by atoms with E-state index < -0.39 is 15.8 Å². The number of fused-ring (bicyclic) bond motifs is 1. The van der Waals surface area contributed by atoms with Crippen LogP contribution in [0, 0.1) is 5.82 Å². The topological polar surface area (TPSA) is 77.9 Å². The molecule has 1 aliphatic rings. The van der Waals surface area contributed by atoms with E-state index in [1.165, 1.54) is 16.4 Å². The molecule has 0 aliphatic carbocycles. The van der Waals surface area contributed by atoms with Crippen molar-refractivity contribution in [2.45, 2.75) is 11.3 Å². The van der Waals surface area contributed by atoms with Crippen molar-refractivity contribution in [2.75, 3.05) is 26.2 Å². The zero-order valence-corrected chi connectivity index (χ0v) is 17.0. The minimum atomic E-state index is -3.77. The van der Waals surface area contributed by atoms with Crippen molar-refractivity contribution < 1.29 is 22.7 Å². The fraction of sp³-hybridized carbons (Fsp3) is 0.227. The van der Waals surface area contributed by atoms with Crippen LogP contribution in [-0.2, 0) is 10.0 Å². The number of carbonyl (C=O) groups is 1. The van der Waals surface area contributed by atoms with Crippen molar-refractivity contribution in [3.05, 3.63) is 72.0 Å². The third-order valence-corrected chi connectivity index (χ3v) is 7.20. The van der Waals surface area contributed by atoms with Gasteiger partial charge in [-0.25, -0.2) is 12.8 Å². The van der Waals surface area contributed by atoms with Gasteiger partial charge in [0.25, 0.3) is 5.91 Å². The second-order valence-corrected chi connectivity index (χ2v) is 9.16. The molecule has 0 aromatic heterocycles. The molecule has 1 amide bonds.